The lowest BCUT2D eigenvalue weighted by Crippen LogP contribution is -2.16. The van der Waals surface area contributed by atoms with Crippen molar-refractivity contribution in [1.82, 2.24) is 0 Å². The molecule has 0 fully saturated rings. The Hall–Kier alpha value is -4.76. The molecule has 0 heterocycles. The van der Waals surface area contributed by atoms with Crippen LogP contribution in [0, 0.1) is 6.92 Å². The summed E-state index contributed by atoms with van der Waals surface area (Å²) < 4.78 is 52.9. The fraction of sp³-hybridized carbons (Fsp3) is 0.289. The van der Waals surface area contributed by atoms with E-state index < -0.39 is 19.3 Å². The number of hydrogen-bond acceptors (Lipinski definition) is 10. The Morgan fingerprint density at radius 1 is 0.735 bits per heavy atom. The van der Waals surface area contributed by atoms with Crippen molar-refractivity contribution in [2.24, 2.45) is 0 Å². The molecule has 0 saturated carbocycles. The molecule has 1 unspecified atom stereocenters. The molecule has 1 N–H and O–H groups in total. The molecule has 0 aliphatic heterocycles. The van der Waals surface area contributed by atoms with Gasteiger partial charge in [-0.25, -0.2) is 0 Å². The molecule has 4 aromatic rings. The number of esters is 1. The van der Waals surface area contributed by atoms with Crippen molar-refractivity contribution in [3.63, 3.8) is 0 Å². The lowest BCUT2D eigenvalue weighted by molar-refractivity contribution is -0.133. The van der Waals surface area contributed by atoms with E-state index in [0.717, 1.165) is 27.8 Å². The van der Waals surface area contributed by atoms with Crippen molar-refractivity contribution in [1.29, 1.82) is 0 Å². The van der Waals surface area contributed by atoms with Gasteiger partial charge in [0.15, 0.2) is 28.8 Å². The molecule has 0 amide bonds. The van der Waals surface area contributed by atoms with Crippen molar-refractivity contribution >= 4 is 31.4 Å². The lowest BCUT2D eigenvalue weighted by Gasteiger charge is -2.29. The molecule has 0 saturated heterocycles. The van der Waals surface area contributed by atoms with Gasteiger partial charge in [0.25, 0.3) is 0 Å². The fourth-order valence-corrected chi connectivity index (χ4v) is 7.27. The third-order valence-electron chi connectivity index (χ3n) is 7.59. The van der Waals surface area contributed by atoms with Crippen molar-refractivity contribution in [2.75, 3.05) is 47.0 Å². The Morgan fingerprint density at radius 3 is 1.90 bits per heavy atom. The summed E-state index contributed by atoms with van der Waals surface area (Å²) in [6.07, 6.45) is 3.79. The van der Waals surface area contributed by atoms with Crippen LogP contribution in [0.25, 0.3) is 12.2 Å². The maximum absolute atomic E-state index is 13.9. The normalized spacial score (nSPS) is 12.0. The van der Waals surface area contributed by atoms with Gasteiger partial charge in [-0.15, -0.1) is 0 Å². The van der Waals surface area contributed by atoms with Crippen molar-refractivity contribution in [2.45, 2.75) is 33.0 Å². The first-order chi connectivity index (χ1) is 23.7. The van der Waals surface area contributed by atoms with Crippen molar-refractivity contribution in [3.05, 3.63) is 107 Å². The van der Waals surface area contributed by atoms with Crippen LogP contribution in [-0.4, -0.2) is 47.6 Å². The first-order valence-corrected chi connectivity index (χ1v) is 17.5. The predicted molar refractivity (Wildman–Crippen MR) is 192 cm³/mol. The van der Waals surface area contributed by atoms with E-state index in [1.165, 1.54) is 7.11 Å². The van der Waals surface area contributed by atoms with Gasteiger partial charge >= 0.3 is 13.6 Å². The van der Waals surface area contributed by atoms with Crippen LogP contribution in [0.15, 0.2) is 78.9 Å². The third-order valence-corrected chi connectivity index (χ3v) is 9.87. The Labute approximate surface area is 288 Å². The van der Waals surface area contributed by atoms with Gasteiger partial charge in [0.1, 0.15) is 0 Å². The van der Waals surface area contributed by atoms with Crippen LogP contribution in [0.2, 0.25) is 0 Å². The molecule has 260 valence electrons. The van der Waals surface area contributed by atoms with E-state index in [1.54, 1.807) is 47.3 Å². The number of anilines is 1. The molecule has 4 aromatic carbocycles. The Bertz CT molecular complexity index is 1750. The van der Waals surface area contributed by atoms with Crippen LogP contribution in [0.1, 0.15) is 47.4 Å². The molecule has 0 aliphatic carbocycles. The molecule has 0 radical (unpaired) electrons. The fourth-order valence-electron chi connectivity index (χ4n) is 5.24. The highest BCUT2D eigenvalue weighted by molar-refractivity contribution is 7.54. The summed E-state index contributed by atoms with van der Waals surface area (Å²) in [5, 5.41) is 3.36. The Kier molecular flexibility index (Phi) is 13.3. The van der Waals surface area contributed by atoms with E-state index in [2.05, 4.69) is 5.32 Å². The molecule has 1 atom stereocenters. The van der Waals surface area contributed by atoms with E-state index in [9.17, 15) is 9.36 Å². The largest absolute Gasteiger partial charge is 0.493 e. The van der Waals surface area contributed by atoms with E-state index in [-0.39, 0.29) is 19.6 Å². The zero-order valence-electron chi connectivity index (χ0n) is 29.0. The van der Waals surface area contributed by atoms with Gasteiger partial charge in [-0.1, -0.05) is 54.6 Å². The van der Waals surface area contributed by atoms with Crippen molar-refractivity contribution in [3.8, 4) is 28.7 Å². The number of carbonyl (C=O) groups is 1. The Balaban J connectivity index is 1.49. The third kappa shape index (κ3) is 9.44. The standard InChI is InChI=1S/C38H44NO9P/c1-8-46-49(41,47-9-2)38(31-13-11-10-12-26(31)3)39-30-19-16-28(17-20-30)25-36(40)48-33-22-27(18-21-32(33)42-4)14-15-29-23-34(43-5)37(45-7)35(24-29)44-6/h10-24,38-39H,8-9,25H2,1-7H3/b15-14+. The zero-order chi connectivity index (χ0) is 35.4. The molecule has 49 heavy (non-hydrogen) atoms. The number of nitrogens with one attached hydrogen (secondary N) is 1. The van der Waals surface area contributed by atoms with Crippen molar-refractivity contribution < 1.29 is 42.1 Å². The van der Waals surface area contributed by atoms with Crippen LogP contribution < -0.4 is 29.0 Å². The van der Waals surface area contributed by atoms with Crippen LogP contribution in [0.3, 0.4) is 0 Å². The van der Waals surface area contributed by atoms with Crippen LogP contribution in [0.5, 0.6) is 28.7 Å². The van der Waals surface area contributed by atoms with Gasteiger partial charge in [-0.3, -0.25) is 9.36 Å². The SMILES string of the molecule is CCOP(=O)(OCC)C(Nc1ccc(CC(=O)Oc2cc(/C=C/c3cc(OC)c(OC)c(OC)c3)ccc2OC)cc1)c1ccccc1C. The van der Waals surface area contributed by atoms with E-state index in [4.69, 9.17) is 32.7 Å². The summed E-state index contributed by atoms with van der Waals surface area (Å²) in [6, 6.07) is 24.0. The summed E-state index contributed by atoms with van der Waals surface area (Å²) in [4.78, 5) is 13.1. The zero-order valence-corrected chi connectivity index (χ0v) is 29.9. The van der Waals surface area contributed by atoms with Gasteiger partial charge in [-0.2, -0.15) is 0 Å². The molecule has 0 bridgehead atoms. The number of rotatable bonds is 17. The van der Waals surface area contributed by atoms with Gasteiger partial charge in [0, 0.05) is 5.69 Å². The van der Waals surface area contributed by atoms with Gasteiger partial charge in [-0.05, 0) is 85.0 Å². The molecule has 0 spiro atoms. The number of ether oxygens (including phenoxy) is 5. The minimum atomic E-state index is -3.58. The highest BCUT2D eigenvalue weighted by atomic mass is 31.2. The minimum absolute atomic E-state index is 0.0204. The highest BCUT2D eigenvalue weighted by Gasteiger charge is 2.37. The highest BCUT2D eigenvalue weighted by Crippen LogP contribution is 2.61. The smallest absolute Gasteiger partial charge is 0.357 e. The molecular formula is C38H44NO9P. The maximum Gasteiger partial charge on any atom is 0.357 e. The number of methoxy groups -OCH3 is 4. The number of aryl methyl sites for hydroxylation is 1. The maximum atomic E-state index is 13.9. The van der Waals surface area contributed by atoms with E-state index >= 15 is 0 Å². The van der Waals surface area contributed by atoms with Gasteiger partial charge in [0.2, 0.25) is 5.75 Å². The van der Waals surface area contributed by atoms with E-state index in [0.29, 0.717) is 34.4 Å². The summed E-state index contributed by atoms with van der Waals surface area (Å²) in [7, 11) is 2.62. The number of carbonyl (C=O) groups excluding carboxylic acids is 1. The topological polar surface area (TPSA) is 111 Å². The first-order valence-electron chi connectivity index (χ1n) is 15.8. The molecule has 10 nitrogen and oxygen atoms in total. The second-order valence-electron chi connectivity index (χ2n) is 10.8. The summed E-state index contributed by atoms with van der Waals surface area (Å²) in [5.74, 6) is 1.11. The lowest BCUT2D eigenvalue weighted by atomic mass is 10.1. The molecular weight excluding hydrogens is 645 g/mol. The molecule has 0 aliphatic rings. The van der Waals surface area contributed by atoms with Gasteiger partial charge < -0.3 is 38.0 Å². The summed E-state index contributed by atoms with van der Waals surface area (Å²) >= 11 is 0. The van der Waals surface area contributed by atoms with Gasteiger partial charge in [0.05, 0.1) is 48.1 Å². The number of benzene rings is 4. The van der Waals surface area contributed by atoms with Crippen LogP contribution in [-0.2, 0) is 24.8 Å². The summed E-state index contributed by atoms with van der Waals surface area (Å²) in [5.41, 5.74) is 4.81. The van der Waals surface area contributed by atoms with Crippen LogP contribution >= 0.6 is 7.60 Å². The molecule has 4 rings (SSSR count). The monoisotopic (exact) mass is 689 g/mol. The quantitative estimate of drug-likeness (QED) is 0.0500. The number of hydrogen-bond donors (Lipinski definition) is 1. The summed E-state index contributed by atoms with van der Waals surface area (Å²) in [6.45, 7) is 6.00. The second-order valence-corrected chi connectivity index (χ2v) is 12.9. The average Bonchev–Trinajstić information content (AvgIpc) is 3.10. The average molecular weight is 690 g/mol. The first kappa shape index (κ1) is 37.1. The molecule has 0 aromatic heterocycles. The second kappa shape index (κ2) is 17.6. The minimum Gasteiger partial charge on any atom is -0.493 e. The predicted octanol–water partition coefficient (Wildman–Crippen LogP) is 8.72. The Morgan fingerprint density at radius 2 is 1.33 bits per heavy atom. The van der Waals surface area contributed by atoms with E-state index in [1.807, 2.05) is 85.8 Å². The van der Waals surface area contributed by atoms with Crippen LogP contribution in [0.4, 0.5) is 5.69 Å². The molecule has 11 heteroatoms.